The van der Waals surface area contributed by atoms with E-state index in [1.54, 1.807) is 11.1 Å². The summed E-state index contributed by atoms with van der Waals surface area (Å²) in [7, 11) is 0. The number of rotatable bonds is 5. The summed E-state index contributed by atoms with van der Waals surface area (Å²) in [6, 6.07) is 81.9. The quantitative estimate of drug-likeness (QED) is 0.167. The summed E-state index contributed by atoms with van der Waals surface area (Å²) in [6.45, 7) is 0. The molecule has 68 heavy (non-hydrogen) atoms. The van der Waals surface area contributed by atoms with Crippen LogP contribution in [0.1, 0.15) is 76.6 Å². The van der Waals surface area contributed by atoms with E-state index < -0.39 is 5.41 Å². The molecule has 2 spiro atoms. The second-order valence-corrected chi connectivity index (χ2v) is 21.1. The van der Waals surface area contributed by atoms with E-state index in [1.807, 2.05) is 0 Å². The van der Waals surface area contributed by atoms with E-state index in [0.29, 0.717) is 11.8 Å². The van der Waals surface area contributed by atoms with Crippen LogP contribution in [0.2, 0.25) is 0 Å². The minimum Gasteiger partial charge on any atom is -0.310 e. The fourth-order valence-electron chi connectivity index (χ4n) is 15.8. The third kappa shape index (κ3) is 5.23. The van der Waals surface area contributed by atoms with Crippen LogP contribution in [-0.2, 0) is 23.7 Å². The molecule has 7 aliphatic carbocycles. The van der Waals surface area contributed by atoms with Gasteiger partial charge in [-0.1, -0.05) is 182 Å². The number of anilines is 3. The normalized spacial score (nSPS) is 22.5. The van der Waals surface area contributed by atoms with Gasteiger partial charge in [0.15, 0.2) is 0 Å². The molecule has 0 radical (unpaired) electrons. The molecule has 0 saturated heterocycles. The second kappa shape index (κ2) is 14.6. The highest BCUT2D eigenvalue weighted by atomic mass is 15.1. The average Bonchev–Trinajstić information content (AvgIpc) is 3.79. The van der Waals surface area contributed by atoms with Crippen molar-refractivity contribution in [3.05, 3.63) is 257 Å². The van der Waals surface area contributed by atoms with Gasteiger partial charge in [0.1, 0.15) is 0 Å². The zero-order chi connectivity index (χ0) is 44.6. The molecule has 1 heteroatoms. The van der Waals surface area contributed by atoms with Crippen LogP contribution < -0.4 is 4.90 Å². The molecule has 9 aromatic rings. The highest BCUT2D eigenvalue weighted by Crippen LogP contribution is 2.70. The van der Waals surface area contributed by atoms with Crippen LogP contribution in [0.4, 0.5) is 17.1 Å². The number of fused-ring (bicyclic) bond motifs is 12. The van der Waals surface area contributed by atoms with E-state index in [4.69, 9.17) is 0 Å². The van der Waals surface area contributed by atoms with Crippen LogP contribution in [0.15, 0.2) is 212 Å². The third-order valence-electron chi connectivity index (χ3n) is 18.0. The molecule has 0 unspecified atom stereocenters. The van der Waals surface area contributed by atoms with Gasteiger partial charge in [-0.15, -0.1) is 0 Å². The van der Waals surface area contributed by atoms with Crippen molar-refractivity contribution in [1.29, 1.82) is 0 Å². The molecule has 16 rings (SSSR count). The third-order valence-corrected chi connectivity index (χ3v) is 18.0. The molecule has 0 aliphatic heterocycles. The van der Waals surface area contributed by atoms with E-state index in [9.17, 15) is 0 Å². The van der Waals surface area contributed by atoms with Crippen molar-refractivity contribution in [3.8, 4) is 44.5 Å². The van der Waals surface area contributed by atoms with Gasteiger partial charge in [0, 0.05) is 22.4 Å². The monoisotopic (exact) mass is 871 g/mol. The standard InChI is InChI=1S/C67H53N/c1-2-16-45(17-3-1)52-20-6-7-21-53(52)58-24-10-15-29-65(58)68(50-32-34-56-54-22-8-13-27-61(54)66(63(56)41-50)48-37-43-36-44(39-48)40-49(66)38-43)51-33-35-57-55-23-9-14-28-62(55)67(64(57)42-51)59-25-11-4-18-46(59)30-31-47-19-5-12-26-60(47)67/h1-29,32-35,41-44,48-49H,30-31,36-40H2. The number of nitrogens with zero attached hydrogens (tertiary/aromatic N) is 1. The van der Waals surface area contributed by atoms with Gasteiger partial charge < -0.3 is 4.90 Å². The van der Waals surface area contributed by atoms with Crippen molar-refractivity contribution in [2.75, 3.05) is 4.90 Å². The van der Waals surface area contributed by atoms with Crippen LogP contribution in [-0.4, -0.2) is 0 Å². The maximum atomic E-state index is 2.69. The van der Waals surface area contributed by atoms with E-state index in [1.165, 1.54) is 127 Å². The molecule has 4 fully saturated rings. The first-order valence-corrected chi connectivity index (χ1v) is 25.4. The lowest BCUT2D eigenvalue weighted by Gasteiger charge is -2.61. The summed E-state index contributed by atoms with van der Waals surface area (Å²) in [4.78, 5) is 2.65. The fraction of sp³-hybridized carbons (Fsp3) is 0.194. The van der Waals surface area contributed by atoms with Crippen LogP contribution in [0.5, 0.6) is 0 Å². The maximum Gasteiger partial charge on any atom is 0.0719 e. The van der Waals surface area contributed by atoms with Crippen molar-refractivity contribution in [2.45, 2.75) is 55.8 Å². The highest BCUT2D eigenvalue weighted by molar-refractivity contribution is 5.97. The topological polar surface area (TPSA) is 3.24 Å². The Morgan fingerprint density at radius 3 is 1.43 bits per heavy atom. The van der Waals surface area contributed by atoms with Crippen LogP contribution >= 0.6 is 0 Å². The second-order valence-electron chi connectivity index (χ2n) is 21.1. The van der Waals surface area contributed by atoms with Crippen molar-refractivity contribution in [2.24, 2.45) is 23.7 Å². The van der Waals surface area contributed by atoms with Gasteiger partial charge in [-0.05, 0) is 182 Å². The molecule has 9 aromatic carbocycles. The smallest absolute Gasteiger partial charge is 0.0719 e. The number of aryl methyl sites for hydroxylation is 2. The predicted octanol–water partition coefficient (Wildman–Crippen LogP) is 16.7. The Kier molecular flexibility index (Phi) is 8.36. The molecule has 0 N–H and O–H groups in total. The molecule has 1 nitrogen and oxygen atoms in total. The molecule has 0 heterocycles. The van der Waals surface area contributed by atoms with Gasteiger partial charge in [-0.3, -0.25) is 0 Å². The minimum atomic E-state index is -0.471. The Balaban J connectivity index is 1.01. The first-order valence-electron chi connectivity index (χ1n) is 25.4. The zero-order valence-corrected chi connectivity index (χ0v) is 38.4. The molecule has 326 valence electrons. The number of hydrogen-bond acceptors (Lipinski definition) is 1. The lowest BCUT2D eigenvalue weighted by atomic mass is 9.43. The van der Waals surface area contributed by atoms with E-state index in [0.717, 1.165) is 24.7 Å². The largest absolute Gasteiger partial charge is 0.310 e. The Labute approximate surface area is 400 Å². The van der Waals surface area contributed by atoms with Gasteiger partial charge in [-0.25, -0.2) is 0 Å². The summed E-state index contributed by atoms with van der Waals surface area (Å²) >= 11 is 0. The van der Waals surface area contributed by atoms with E-state index in [2.05, 4.69) is 217 Å². The molecule has 0 atom stereocenters. The number of hydrogen-bond donors (Lipinski definition) is 0. The molecular formula is C67H53N. The minimum absolute atomic E-state index is 0.0534. The molecule has 4 bridgehead atoms. The van der Waals surface area contributed by atoms with E-state index in [-0.39, 0.29) is 5.41 Å². The first kappa shape index (κ1) is 38.8. The SMILES string of the molecule is c1ccc(-c2ccccc2-c2ccccc2N(c2ccc3c(c2)C2(c4ccccc4CCc4ccccc42)c2ccccc2-3)c2ccc3c(c2)C2(c4ccccc4-3)C3CC4CC(C3)CC2C4)cc1. The molecule has 4 saturated carbocycles. The predicted molar refractivity (Wildman–Crippen MR) is 280 cm³/mol. The summed E-state index contributed by atoms with van der Waals surface area (Å²) in [5, 5.41) is 0. The Bertz CT molecular complexity index is 3420. The Hall–Kier alpha value is -7.22. The lowest BCUT2D eigenvalue weighted by molar-refractivity contribution is -0.0399. The molecule has 0 amide bonds. The number of benzene rings is 9. The van der Waals surface area contributed by atoms with Gasteiger partial charge >= 0.3 is 0 Å². The van der Waals surface area contributed by atoms with Crippen molar-refractivity contribution in [3.63, 3.8) is 0 Å². The van der Waals surface area contributed by atoms with Gasteiger partial charge in [0.05, 0.1) is 11.1 Å². The molecule has 0 aromatic heterocycles. The van der Waals surface area contributed by atoms with Crippen LogP contribution in [0.25, 0.3) is 44.5 Å². The molecule has 7 aliphatic rings. The fourth-order valence-corrected chi connectivity index (χ4v) is 15.8. The maximum absolute atomic E-state index is 2.69. The van der Waals surface area contributed by atoms with Gasteiger partial charge in [0.2, 0.25) is 0 Å². The van der Waals surface area contributed by atoms with Crippen LogP contribution in [0, 0.1) is 23.7 Å². The van der Waals surface area contributed by atoms with E-state index >= 15 is 0 Å². The average molecular weight is 872 g/mol. The summed E-state index contributed by atoms with van der Waals surface area (Å²) in [6.07, 6.45) is 8.96. The summed E-state index contributed by atoms with van der Waals surface area (Å²) < 4.78 is 0. The Morgan fingerprint density at radius 2 is 0.779 bits per heavy atom. The van der Waals surface area contributed by atoms with Gasteiger partial charge in [-0.2, -0.15) is 0 Å². The lowest BCUT2D eigenvalue weighted by Crippen LogP contribution is -2.55. The van der Waals surface area contributed by atoms with Crippen LogP contribution in [0.3, 0.4) is 0 Å². The number of para-hydroxylation sites is 1. The van der Waals surface area contributed by atoms with Crippen molar-refractivity contribution >= 4 is 17.1 Å². The Morgan fingerprint density at radius 1 is 0.324 bits per heavy atom. The van der Waals surface area contributed by atoms with Crippen molar-refractivity contribution in [1.82, 2.24) is 0 Å². The van der Waals surface area contributed by atoms with Gasteiger partial charge in [0.25, 0.3) is 0 Å². The first-order chi connectivity index (χ1) is 33.7. The summed E-state index contributed by atoms with van der Waals surface area (Å²) in [5.74, 6) is 3.14. The van der Waals surface area contributed by atoms with Crippen molar-refractivity contribution < 1.29 is 0 Å². The highest BCUT2D eigenvalue weighted by Gasteiger charge is 2.61. The molecular weight excluding hydrogens is 819 g/mol. The zero-order valence-electron chi connectivity index (χ0n) is 38.4. The summed E-state index contributed by atoms with van der Waals surface area (Å²) in [5.41, 5.74) is 25.4.